The Bertz CT molecular complexity index is 683. The second-order valence-electron chi connectivity index (χ2n) is 4.59. The van der Waals surface area contributed by atoms with E-state index in [1.165, 1.54) is 10.4 Å². The quantitative estimate of drug-likeness (QED) is 0.787. The number of fused-ring (bicyclic) bond motifs is 1. The number of hydrogen-bond donors (Lipinski definition) is 1. The van der Waals surface area contributed by atoms with Crippen molar-refractivity contribution in [2.75, 3.05) is 0 Å². The van der Waals surface area contributed by atoms with Gasteiger partial charge in [0.15, 0.2) is 5.82 Å². The lowest BCUT2D eigenvalue weighted by molar-refractivity contribution is 0.705. The number of nitrogens with zero attached hydrogens (tertiary/aromatic N) is 2. The number of nitrogens with two attached hydrogens (primary N) is 1. The highest BCUT2D eigenvalue weighted by atomic mass is 32.1. The lowest BCUT2D eigenvalue weighted by Gasteiger charge is -2.06. The van der Waals surface area contributed by atoms with E-state index in [0.29, 0.717) is 6.54 Å². The first-order valence-electron chi connectivity index (χ1n) is 6.56. The van der Waals surface area contributed by atoms with Gasteiger partial charge in [0.05, 0.1) is 15.9 Å². The zero-order valence-electron chi connectivity index (χ0n) is 11.0. The molecule has 2 N–H and O–H groups in total. The Kier molecular flexibility index (Phi) is 3.36. The Morgan fingerprint density at radius 3 is 2.89 bits per heavy atom. The fourth-order valence-corrected chi connectivity index (χ4v) is 3.07. The van der Waals surface area contributed by atoms with Gasteiger partial charge in [-0.15, -0.1) is 11.3 Å². The predicted octanol–water partition coefficient (Wildman–Crippen LogP) is 3.63. The first kappa shape index (κ1) is 12.4. The molecule has 0 spiro atoms. The van der Waals surface area contributed by atoms with Crippen molar-refractivity contribution in [1.82, 2.24) is 9.55 Å². The molecule has 0 saturated heterocycles. The second-order valence-corrected chi connectivity index (χ2v) is 5.54. The molecule has 0 aliphatic rings. The highest BCUT2D eigenvalue weighted by Crippen LogP contribution is 2.28. The molecule has 2 heterocycles. The highest BCUT2D eigenvalue weighted by molar-refractivity contribution is 7.13. The average Bonchev–Trinajstić information content (AvgIpc) is 3.06. The fraction of sp³-hybridized carbons (Fsp3) is 0.267. The summed E-state index contributed by atoms with van der Waals surface area (Å²) in [5.41, 5.74) is 9.08. The molecule has 0 atom stereocenters. The van der Waals surface area contributed by atoms with E-state index in [1.54, 1.807) is 11.3 Å². The third-order valence-electron chi connectivity index (χ3n) is 3.24. The average molecular weight is 271 g/mol. The first-order chi connectivity index (χ1) is 9.33. The number of thiophene rings is 1. The summed E-state index contributed by atoms with van der Waals surface area (Å²) >= 11 is 1.73. The van der Waals surface area contributed by atoms with Crippen LogP contribution in [-0.2, 0) is 13.1 Å². The molecule has 0 saturated carbocycles. The van der Waals surface area contributed by atoms with Crippen molar-refractivity contribution in [3.05, 3.63) is 41.3 Å². The van der Waals surface area contributed by atoms with Crippen molar-refractivity contribution >= 4 is 22.4 Å². The van der Waals surface area contributed by atoms with Gasteiger partial charge in [0.25, 0.3) is 0 Å². The van der Waals surface area contributed by atoms with Crippen molar-refractivity contribution in [3.63, 3.8) is 0 Å². The smallest absolute Gasteiger partial charge is 0.151 e. The lowest BCUT2D eigenvalue weighted by atomic mass is 10.2. The molecule has 98 valence electrons. The van der Waals surface area contributed by atoms with Crippen molar-refractivity contribution in [1.29, 1.82) is 0 Å². The van der Waals surface area contributed by atoms with Crippen LogP contribution >= 0.6 is 11.3 Å². The van der Waals surface area contributed by atoms with Crippen molar-refractivity contribution in [2.45, 2.75) is 26.4 Å². The maximum absolute atomic E-state index is 5.71. The normalized spacial score (nSPS) is 11.3. The minimum atomic E-state index is 0.560. The molecular formula is C15H17N3S. The van der Waals surface area contributed by atoms with E-state index in [9.17, 15) is 0 Å². The topological polar surface area (TPSA) is 43.8 Å². The molecule has 0 aliphatic carbocycles. The molecule has 2 aromatic heterocycles. The van der Waals surface area contributed by atoms with E-state index in [2.05, 4.69) is 47.2 Å². The summed E-state index contributed by atoms with van der Waals surface area (Å²) in [6.45, 7) is 3.74. The molecule has 3 nitrogen and oxygen atoms in total. The summed E-state index contributed by atoms with van der Waals surface area (Å²) in [7, 11) is 0. The van der Waals surface area contributed by atoms with E-state index in [0.717, 1.165) is 29.9 Å². The number of imidazole rings is 1. The summed E-state index contributed by atoms with van der Waals surface area (Å²) in [4.78, 5) is 6.02. The van der Waals surface area contributed by atoms with E-state index in [1.807, 2.05) is 0 Å². The highest BCUT2D eigenvalue weighted by Gasteiger charge is 2.12. The standard InChI is InChI=1S/C15H17N3S/c1-2-7-18-13-6-5-11(10-16)9-12(13)17-15(18)14-4-3-8-19-14/h3-6,8-9H,2,7,10,16H2,1H3. The van der Waals surface area contributed by atoms with Crippen LogP contribution in [0.2, 0.25) is 0 Å². The van der Waals surface area contributed by atoms with Gasteiger partial charge in [0.1, 0.15) is 0 Å². The fourth-order valence-electron chi connectivity index (χ4n) is 2.35. The van der Waals surface area contributed by atoms with Gasteiger partial charge in [0, 0.05) is 13.1 Å². The minimum absolute atomic E-state index is 0.560. The molecular weight excluding hydrogens is 254 g/mol. The largest absolute Gasteiger partial charge is 0.326 e. The molecule has 0 unspecified atom stereocenters. The summed E-state index contributed by atoms with van der Waals surface area (Å²) in [6, 6.07) is 10.5. The third kappa shape index (κ3) is 2.17. The Hall–Kier alpha value is -1.65. The van der Waals surface area contributed by atoms with Gasteiger partial charge in [-0.1, -0.05) is 19.1 Å². The van der Waals surface area contributed by atoms with Gasteiger partial charge in [-0.3, -0.25) is 0 Å². The lowest BCUT2D eigenvalue weighted by Crippen LogP contribution is -1.99. The predicted molar refractivity (Wildman–Crippen MR) is 81.2 cm³/mol. The Morgan fingerprint density at radius 1 is 1.32 bits per heavy atom. The molecule has 0 aliphatic heterocycles. The Balaban J connectivity index is 2.22. The number of hydrogen-bond acceptors (Lipinski definition) is 3. The molecule has 4 heteroatoms. The zero-order chi connectivity index (χ0) is 13.2. The van der Waals surface area contributed by atoms with Crippen LogP contribution in [0, 0.1) is 0 Å². The van der Waals surface area contributed by atoms with E-state index >= 15 is 0 Å². The van der Waals surface area contributed by atoms with E-state index < -0.39 is 0 Å². The van der Waals surface area contributed by atoms with Crippen LogP contribution in [0.5, 0.6) is 0 Å². The van der Waals surface area contributed by atoms with Gasteiger partial charge in [-0.2, -0.15) is 0 Å². The number of aryl methyl sites for hydroxylation is 1. The second kappa shape index (κ2) is 5.15. The van der Waals surface area contributed by atoms with Crippen LogP contribution in [0.25, 0.3) is 21.7 Å². The Labute approximate surface area is 116 Å². The molecule has 0 fully saturated rings. The third-order valence-corrected chi connectivity index (χ3v) is 4.10. The first-order valence-corrected chi connectivity index (χ1v) is 7.44. The van der Waals surface area contributed by atoms with Crippen LogP contribution in [-0.4, -0.2) is 9.55 Å². The van der Waals surface area contributed by atoms with Crippen LogP contribution in [0.1, 0.15) is 18.9 Å². The molecule has 1 aromatic carbocycles. The van der Waals surface area contributed by atoms with Crippen molar-refractivity contribution in [2.24, 2.45) is 5.73 Å². The van der Waals surface area contributed by atoms with Gasteiger partial charge < -0.3 is 10.3 Å². The molecule has 3 rings (SSSR count). The number of benzene rings is 1. The van der Waals surface area contributed by atoms with Crippen LogP contribution in [0.3, 0.4) is 0 Å². The maximum Gasteiger partial charge on any atom is 0.151 e. The van der Waals surface area contributed by atoms with Gasteiger partial charge in [-0.05, 0) is 35.6 Å². The molecule has 19 heavy (non-hydrogen) atoms. The molecule has 3 aromatic rings. The monoisotopic (exact) mass is 271 g/mol. The maximum atomic E-state index is 5.71. The van der Waals surface area contributed by atoms with E-state index in [4.69, 9.17) is 10.7 Å². The number of rotatable bonds is 4. The molecule has 0 radical (unpaired) electrons. The number of aromatic nitrogens is 2. The van der Waals surface area contributed by atoms with Gasteiger partial charge >= 0.3 is 0 Å². The van der Waals surface area contributed by atoms with Crippen molar-refractivity contribution < 1.29 is 0 Å². The van der Waals surface area contributed by atoms with Crippen LogP contribution < -0.4 is 5.73 Å². The summed E-state index contributed by atoms with van der Waals surface area (Å²) in [5, 5.41) is 2.09. The Morgan fingerprint density at radius 2 is 2.21 bits per heavy atom. The zero-order valence-corrected chi connectivity index (χ0v) is 11.8. The van der Waals surface area contributed by atoms with E-state index in [-0.39, 0.29) is 0 Å². The van der Waals surface area contributed by atoms with Gasteiger partial charge in [0.2, 0.25) is 0 Å². The molecule has 0 bridgehead atoms. The minimum Gasteiger partial charge on any atom is -0.326 e. The van der Waals surface area contributed by atoms with Gasteiger partial charge in [-0.25, -0.2) is 4.98 Å². The summed E-state index contributed by atoms with van der Waals surface area (Å²) in [5.74, 6) is 1.07. The van der Waals surface area contributed by atoms with Crippen molar-refractivity contribution in [3.8, 4) is 10.7 Å². The summed E-state index contributed by atoms with van der Waals surface area (Å²) in [6.07, 6.45) is 1.10. The van der Waals surface area contributed by atoms with Crippen LogP contribution in [0.4, 0.5) is 0 Å². The SMILES string of the molecule is CCCn1c(-c2cccs2)nc2cc(CN)ccc21. The molecule has 0 amide bonds. The summed E-state index contributed by atoms with van der Waals surface area (Å²) < 4.78 is 2.31. The van der Waals surface area contributed by atoms with Crippen LogP contribution in [0.15, 0.2) is 35.7 Å².